The van der Waals surface area contributed by atoms with E-state index < -0.39 is 0 Å². The van der Waals surface area contributed by atoms with Gasteiger partial charge in [-0.2, -0.15) is 0 Å². The summed E-state index contributed by atoms with van der Waals surface area (Å²) in [5.41, 5.74) is 6.04. The molecule has 1 N–H and O–H groups in total. The van der Waals surface area contributed by atoms with Crippen LogP contribution in [0, 0.1) is 0 Å². The molecule has 0 bridgehead atoms. The number of rotatable bonds is 9. The summed E-state index contributed by atoms with van der Waals surface area (Å²) in [4.78, 5) is 0. The smallest absolute Gasteiger partial charge is 0.115 e. The Kier molecular flexibility index (Phi) is 9.07. The van der Waals surface area contributed by atoms with Gasteiger partial charge in [0.2, 0.25) is 0 Å². The number of anilines is 1. The molecule has 30 heavy (non-hydrogen) atoms. The monoisotopic (exact) mass is 375 g/mol. The molecule has 0 unspecified atom stereocenters. The van der Waals surface area contributed by atoms with Crippen LogP contribution in [-0.2, 0) is 19.4 Å². The Bertz CT molecular complexity index is 897. The zero-order valence-corrected chi connectivity index (χ0v) is 18.1. The van der Waals surface area contributed by atoms with Crippen molar-refractivity contribution in [2.75, 3.05) is 5.32 Å². The SMILES string of the molecule is [B]c1c([B])c([B])c(NCc2c([B])c([B])c(CCCC)c([B])c2[B])c(CCCC)c1[B]. The summed E-state index contributed by atoms with van der Waals surface area (Å²) >= 11 is 0. The fourth-order valence-corrected chi connectivity index (χ4v) is 3.63. The third kappa shape index (κ3) is 4.97. The van der Waals surface area contributed by atoms with Crippen molar-refractivity contribution in [3.8, 4) is 0 Å². The van der Waals surface area contributed by atoms with Gasteiger partial charge in [-0.15, -0.1) is 21.9 Å². The molecule has 16 radical (unpaired) electrons. The molecule has 2 rings (SSSR count). The molecule has 0 aromatic heterocycles. The molecule has 0 atom stereocenters. The molecule has 0 heterocycles. The maximum atomic E-state index is 6.33. The molecule has 0 saturated carbocycles. The summed E-state index contributed by atoms with van der Waals surface area (Å²) in [5, 5.41) is 3.30. The quantitative estimate of drug-likeness (QED) is 0.447. The van der Waals surface area contributed by atoms with E-state index in [1.165, 1.54) is 0 Å². The summed E-state index contributed by atoms with van der Waals surface area (Å²) in [6, 6.07) is 0. The van der Waals surface area contributed by atoms with E-state index in [2.05, 4.69) is 19.2 Å². The molecule has 9 heteroatoms. The molecule has 0 aliphatic carbocycles. The highest BCUT2D eigenvalue weighted by Crippen LogP contribution is 2.13. The highest BCUT2D eigenvalue weighted by Gasteiger charge is 2.16. The molecular weight excluding hydrogens is 353 g/mol. The lowest BCUT2D eigenvalue weighted by Crippen LogP contribution is -2.51. The van der Waals surface area contributed by atoms with E-state index in [0.717, 1.165) is 43.2 Å². The van der Waals surface area contributed by atoms with E-state index in [9.17, 15) is 0 Å². The van der Waals surface area contributed by atoms with Crippen LogP contribution in [0.1, 0.15) is 56.2 Å². The van der Waals surface area contributed by atoms with Crippen molar-refractivity contribution in [2.45, 2.75) is 58.9 Å². The van der Waals surface area contributed by atoms with Crippen LogP contribution in [0.5, 0.6) is 0 Å². The van der Waals surface area contributed by atoms with Crippen molar-refractivity contribution < 1.29 is 0 Å². The summed E-state index contributed by atoms with van der Waals surface area (Å²) < 4.78 is 0. The van der Waals surface area contributed by atoms with Crippen LogP contribution in [0.3, 0.4) is 0 Å². The summed E-state index contributed by atoms with van der Waals surface area (Å²) in [7, 11) is 49.9. The minimum Gasteiger partial charge on any atom is -0.381 e. The molecule has 1 nitrogen and oxygen atoms in total. The maximum Gasteiger partial charge on any atom is 0.115 e. The van der Waals surface area contributed by atoms with Gasteiger partial charge < -0.3 is 5.32 Å². The van der Waals surface area contributed by atoms with E-state index in [1.807, 2.05) is 0 Å². The molecule has 0 aliphatic rings. The van der Waals surface area contributed by atoms with E-state index in [4.69, 9.17) is 62.8 Å². The highest BCUT2D eigenvalue weighted by atomic mass is 14.9. The Hall–Kier alpha value is -1.24. The van der Waals surface area contributed by atoms with Crippen molar-refractivity contribution >= 4 is 112 Å². The third-order valence-electron chi connectivity index (χ3n) is 5.65. The Morgan fingerprint density at radius 1 is 0.500 bits per heavy atom. The van der Waals surface area contributed by atoms with Gasteiger partial charge in [0.05, 0.1) is 0 Å². The summed E-state index contributed by atoms with van der Waals surface area (Å²) in [6.45, 7) is 4.47. The summed E-state index contributed by atoms with van der Waals surface area (Å²) in [5.74, 6) is 0. The lowest BCUT2D eigenvalue weighted by Gasteiger charge is -2.26. The van der Waals surface area contributed by atoms with Crippen LogP contribution >= 0.6 is 0 Å². The van der Waals surface area contributed by atoms with Gasteiger partial charge in [-0.1, -0.05) is 54.1 Å². The minimum absolute atomic E-state index is 0.255. The molecule has 2 aromatic rings. The van der Waals surface area contributed by atoms with Crippen molar-refractivity contribution in [3.05, 3.63) is 16.7 Å². The molecule has 0 saturated heterocycles. The zero-order valence-electron chi connectivity index (χ0n) is 18.1. The van der Waals surface area contributed by atoms with Crippen molar-refractivity contribution in [1.29, 1.82) is 0 Å². The van der Waals surface area contributed by atoms with Crippen molar-refractivity contribution in [2.24, 2.45) is 0 Å². The molecular formula is C21H21B8N. The molecule has 0 amide bonds. The molecule has 0 spiro atoms. The number of unbranched alkanes of at least 4 members (excludes halogenated alkanes) is 2. The predicted molar refractivity (Wildman–Crippen MR) is 141 cm³/mol. The number of nitrogens with one attached hydrogen (secondary N) is 1. The Morgan fingerprint density at radius 2 is 0.900 bits per heavy atom. The van der Waals surface area contributed by atoms with Gasteiger partial charge >= 0.3 is 0 Å². The topological polar surface area (TPSA) is 12.0 Å². The first-order valence-electron chi connectivity index (χ1n) is 10.4. The number of hydrogen-bond donors (Lipinski definition) is 1. The van der Waals surface area contributed by atoms with Crippen LogP contribution in [0.2, 0.25) is 0 Å². The molecule has 0 fully saturated rings. The van der Waals surface area contributed by atoms with Gasteiger partial charge in [0, 0.05) is 12.2 Å². The van der Waals surface area contributed by atoms with E-state index in [0.29, 0.717) is 55.9 Å². The van der Waals surface area contributed by atoms with Gasteiger partial charge in [-0.25, -0.2) is 0 Å². The second kappa shape index (κ2) is 10.9. The third-order valence-corrected chi connectivity index (χ3v) is 5.65. The Balaban J connectivity index is 2.47. The second-order valence-electron chi connectivity index (χ2n) is 7.68. The zero-order chi connectivity index (χ0) is 22.6. The van der Waals surface area contributed by atoms with Crippen LogP contribution in [0.15, 0.2) is 0 Å². The van der Waals surface area contributed by atoms with E-state index in [-0.39, 0.29) is 12.0 Å². The van der Waals surface area contributed by atoms with Gasteiger partial charge in [0.1, 0.15) is 62.8 Å². The lowest BCUT2D eigenvalue weighted by molar-refractivity contribution is 0.798. The minimum atomic E-state index is 0.255. The van der Waals surface area contributed by atoms with Gasteiger partial charge in [0.25, 0.3) is 0 Å². The first-order chi connectivity index (χ1) is 14.2. The van der Waals surface area contributed by atoms with Crippen LogP contribution < -0.4 is 49.0 Å². The maximum absolute atomic E-state index is 6.33. The van der Waals surface area contributed by atoms with Gasteiger partial charge in [-0.05, 0) is 36.8 Å². The summed E-state index contributed by atoms with van der Waals surface area (Å²) in [6.07, 6.45) is 5.33. The number of hydrogen-bond acceptors (Lipinski definition) is 1. The van der Waals surface area contributed by atoms with Crippen LogP contribution in [0.4, 0.5) is 5.69 Å². The Morgan fingerprint density at radius 3 is 1.40 bits per heavy atom. The normalized spacial score (nSPS) is 11.0. The first kappa shape index (κ1) is 25.0. The van der Waals surface area contributed by atoms with Crippen molar-refractivity contribution in [3.63, 3.8) is 0 Å². The fraction of sp³-hybridized carbons (Fsp3) is 0.429. The van der Waals surface area contributed by atoms with Crippen molar-refractivity contribution in [1.82, 2.24) is 0 Å². The van der Waals surface area contributed by atoms with Gasteiger partial charge in [-0.3, -0.25) is 0 Å². The fourth-order valence-electron chi connectivity index (χ4n) is 3.63. The largest absolute Gasteiger partial charge is 0.381 e. The predicted octanol–water partition coefficient (Wildman–Crippen LogP) is -3.67. The first-order valence-corrected chi connectivity index (χ1v) is 10.4. The molecule has 134 valence electrons. The van der Waals surface area contributed by atoms with Crippen LogP contribution in [0.25, 0.3) is 0 Å². The lowest BCUT2D eigenvalue weighted by atomic mass is 9.63. The molecule has 2 aromatic carbocycles. The standard InChI is InChI=1S/C21H21B8N/c1-3-5-7-10-13(22)16(25)12(17(26)14(10)23)9-30-21-11(8-6-4-2)15(24)18(27)19(28)20(21)29/h30H,3-9H2,1-2H3. The van der Waals surface area contributed by atoms with E-state index >= 15 is 0 Å². The second-order valence-corrected chi connectivity index (χ2v) is 7.68. The highest BCUT2D eigenvalue weighted by molar-refractivity contribution is 6.64. The molecule has 0 aliphatic heterocycles. The van der Waals surface area contributed by atoms with Crippen LogP contribution in [-0.4, -0.2) is 62.8 Å². The number of benzene rings is 2. The average molecular weight is 374 g/mol. The van der Waals surface area contributed by atoms with Gasteiger partial charge in [0.15, 0.2) is 0 Å². The Labute approximate surface area is 193 Å². The average Bonchev–Trinajstić information content (AvgIpc) is 2.73. The van der Waals surface area contributed by atoms with E-state index in [1.54, 1.807) is 0 Å².